The van der Waals surface area contributed by atoms with E-state index in [4.69, 9.17) is 20.9 Å². The lowest BCUT2D eigenvalue weighted by Crippen LogP contribution is -1.96. The summed E-state index contributed by atoms with van der Waals surface area (Å²) in [5.74, 6) is 2.61. The molecular formula is C30H23N2O4S-. The second-order valence-corrected chi connectivity index (χ2v) is 9.21. The molecular weight excluding hydrogens is 484 g/mol. The topological polar surface area (TPSA) is 111 Å². The number of hydrogen-bond acceptors (Lipinski definition) is 6. The average molecular weight is 508 g/mol. The third kappa shape index (κ3) is 5.64. The second kappa shape index (κ2) is 10.6. The molecule has 0 aliphatic rings. The summed E-state index contributed by atoms with van der Waals surface area (Å²) in [4.78, 5) is 0.215. The van der Waals surface area contributed by atoms with Crippen molar-refractivity contribution < 1.29 is 18.2 Å². The van der Waals surface area contributed by atoms with Gasteiger partial charge >= 0.3 is 0 Å². The normalized spacial score (nSPS) is 11.6. The van der Waals surface area contributed by atoms with Crippen LogP contribution in [0, 0.1) is 0 Å². The van der Waals surface area contributed by atoms with Gasteiger partial charge in [0.25, 0.3) is 0 Å². The molecule has 6 nitrogen and oxygen atoms in total. The van der Waals surface area contributed by atoms with Crippen molar-refractivity contribution in [3.63, 3.8) is 0 Å². The smallest absolute Gasteiger partial charge is 0.127 e. The summed E-state index contributed by atoms with van der Waals surface area (Å²) in [5.41, 5.74) is 15.8. The fourth-order valence-corrected chi connectivity index (χ4v) is 4.53. The van der Waals surface area contributed by atoms with E-state index in [1.807, 2.05) is 54.6 Å². The van der Waals surface area contributed by atoms with Gasteiger partial charge in [0.15, 0.2) is 0 Å². The van der Waals surface area contributed by atoms with Crippen molar-refractivity contribution in [3.8, 4) is 45.3 Å². The Morgan fingerprint density at radius 3 is 1.38 bits per heavy atom. The highest BCUT2D eigenvalue weighted by atomic mass is 32.2. The van der Waals surface area contributed by atoms with Crippen LogP contribution in [0.25, 0.3) is 22.3 Å². The number of nitrogen functional groups attached to an aromatic ring is 2. The van der Waals surface area contributed by atoms with E-state index in [2.05, 4.69) is 0 Å². The first-order valence-corrected chi connectivity index (χ1v) is 12.5. The van der Waals surface area contributed by atoms with Crippen molar-refractivity contribution in [2.24, 2.45) is 0 Å². The number of ether oxygens (including phenoxy) is 2. The Labute approximate surface area is 217 Å². The molecule has 5 aromatic rings. The van der Waals surface area contributed by atoms with Crippen molar-refractivity contribution >= 4 is 22.5 Å². The molecule has 0 aromatic heterocycles. The van der Waals surface area contributed by atoms with Gasteiger partial charge in [-0.15, -0.1) is 0 Å². The van der Waals surface area contributed by atoms with Gasteiger partial charge in [0.1, 0.15) is 23.0 Å². The maximum absolute atomic E-state index is 12.1. The van der Waals surface area contributed by atoms with Crippen LogP contribution in [0.15, 0.2) is 120 Å². The highest BCUT2D eigenvalue weighted by Crippen LogP contribution is 2.38. The molecule has 0 heterocycles. The predicted molar refractivity (Wildman–Crippen MR) is 146 cm³/mol. The summed E-state index contributed by atoms with van der Waals surface area (Å²) in [6, 6.07) is 34.3. The van der Waals surface area contributed by atoms with E-state index in [0.29, 0.717) is 39.9 Å². The second-order valence-electron chi connectivity index (χ2n) is 8.30. The highest BCUT2D eigenvalue weighted by Gasteiger charge is 2.14. The van der Waals surface area contributed by atoms with Crippen molar-refractivity contribution in [1.29, 1.82) is 0 Å². The molecule has 0 fully saturated rings. The molecule has 0 amide bonds. The van der Waals surface area contributed by atoms with Crippen molar-refractivity contribution in [2.75, 3.05) is 11.5 Å². The maximum Gasteiger partial charge on any atom is 0.127 e. The van der Waals surface area contributed by atoms with Crippen LogP contribution in [-0.2, 0) is 11.1 Å². The molecule has 0 aliphatic carbocycles. The molecule has 4 N–H and O–H groups in total. The number of rotatable bonds is 7. The Morgan fingerprint density at radius 1 is 0.541 bits per heavy atom. The Morgan fingerprint density at radius 2 is 0.946 bits per heavy atom. The molecule has 184 valence electrons. The van der Waals surface area contributed by atoms with Crippen LogP contribution in [0.5, 0.6) is 23.0 Å². The van der Waals surface area contributed by atoms with Gasteiger partial charge in [0.05, 0.1) is 0 Å². The lowest BCUT2D eigenvalue weighted by molar-refractivity contribution is 0.482. The van der Waals surface area contributed by atoms with Gasteiger partial charge in [-0.25, -0.2) is 0 Å². The zero-order chi connectivity index (χ0) is 25.8. The fourth-order valence-electron chi connectivity index (χ4n) is 3.94. The van der Waals surface area contributed by atoms with Gasteiger partial charge in [0, 0.05) is 21.8 Å². The quantitative estimate of drug-likeness (QED) is 0.181. The number of anilines is 2. The van der Waals surface area contributed by atoms with Crippen LogP contribution < -0.4 is 20.9 Å². The van der Waals surface area contributed by atoms with E-state index in [9.17, 15) is 8.76 Å². The largest absolute Gasteiger partial charge is 0.768 e. The summed E-state index contributed by atoms with van der Waals surface area (Å²) < 4.78 is 36.0. The third-order valence-corrected chi connectivity index (χ3v) is 6.45. The predicted octanol–water partition coefficient (Wildman–Crippen LogP) is 7.01. The van der Waals surface area contributed by atoms with Crippen LogP contribution in [0.3, 0.4) is 0 Å². The summed E-state index contributed by atoms with van der Waals surface area (Å²) in [6.45, 7) is 0. The van der Waals surface area contributed by atoms with E-state index in [0.717, 1.165) is 16.7 Å². The Hall–Kier alpha value is -4.59. The fraction of sp³-hybridized carbons (Fsp3) is 0. The molecule has 1 unspecified atom stereocenters. The SMILES string of the molecule is Nc1ccc(Oc2ccc(-c3cccc(S(=O)[O-])c3-c3ccc(Oc4ccc(N)cc4)cc3)cc2)cc1. The summed E-state index contributed by atoms with van der Waals surface area (Å²) in [7, 11) is 0. The molecule has 0 spiro atoms. The molecule has 0 bridgehead atoms. The van der Waals surface area contributed by atoms with Crippen LogP contribution >= 0.6 is 0 Å². The lowest BCUT2D eigenvalue weighted by Gasteiger charge is -2.18. The Kier molecular flexibility index (Phi) is 6.89. The van der Waals surface area contributed by atoms with Crippen LogP contribution in [0.4, 0.5) is 11.4 Å². The van der Waals surface area contributed by atoms with Gasteiger partial charge in [0.2, 0.25) is 0 Å². The average Bonchev–Trinajstić information content (AvgIpc) is 2.92. The molecule has 0 aliphatic heterocycles. The first kappa shape index (κ1) is 24.1. The summed E-state index contributed by atoms with van der Waals surface area (Å²) in [5, 5.41) is 0. The molecule has 1 atom stereocenters. The van der Waals surface area contributed by atoms with Crippen LogP contribution in [0.1, 0.15) is 0 Å². The standard InChI is InChI=1S/C30H24N2O4S/c31-22-8-16-26(17-9-22)35-24-12-4-20(5-13-24)28-2-1-3-29(37(33)34)30(28)21-6-14-25(15-7-21)36-27-18-10-23(32)11-19-27/h1-19H,31-32H2,(H,33,34)/p-1. The molecule has 5 rings (SSSR count). The van der Waals surface area contributed by atoms with E-state index >= 15 is 0 Å². The zero-order valence-electron chi connectivity index (χ0n) is 19.7. The Balaban J connectivity index is 1.45. The van der Waals surface area contributed by atoms with Gasteiger partial charge in [-0.05, 0) is 107 Å². The first-order valence-electron chi connectivity index (χ1n) is 11.5. The van der Waals surface area contributed by atoms with Crippen molar-refractivity contribution in [3.05, 3.63) is 115 Å². The molecule has 0 saturated carbocycles. The summed E-state index contributed by atoms with van der Waals surface area (Å²) in [6.07, 6.45) is 0. The maximum atomic E-state index is 12.1. The Bertz CT molecular complexity index is 1530. The molecule has 5 aromatic carbocycles. The zero-order valence-corrected chi connectivity index (χ0v) is 20.5. The van der Waals surface area contributed by atoms with Crippen molar-refractivity contribution in [1.82, 2.24) is 0 Å². The lowest BCUT2D eigenvalue weighted by atomic mass is 9.94. The molecule has 0 radical (unpaired) electrons. The minimum atomic E-state index is -2.43. The molecule has 0 saturated heterocycles. The third-order valence-electron chi connectivity index (χ3n) is 5.75. The number of benzene rings is 5. The van der Waals surface area contributed by atoms with Gasteiger partial charge in [-0.2, -0.15) is 0 Å². The van der Waals surface area contributed by atoms with Crippen LogP contribution in [0.2, 0.25) is 0 Å². The van der Waals surface area contributed by atoms with E-state index < -0.39 is 11.1 Å². The van der Waals surface area contributed by atoms with Gasteiger partial charge in [-0.3, -0.25) is 4.21 Å². The monoisotopic (exact) mass is 507 g/mol. The van der Waals surface area contributed by atoms with Crippen LogP contribution in [-0.4, -0.2) is 8.76 Å². The highest BCUT2D eigenvalue weighted by molar-refractivity contribution is 7.79. The van der Waals surface area contributed by atoms with E-state index in [1.165, 1.54) is 0 Å². The number of nitrogens with two attached hydrogens (primary N) is 2. The minimum Gasteiger partial charge on any atom is -0.768 e. The van der Waals surface area contributed by atoms with Gasteiger partial charge < -0.3 is 25.5 Å². The van der Waals surface area contributed by atoms with E-state index in [1.54, 1.807) is 60.7 Å². The molecule has 37 heavy (non-hydrogen) atoms. The summed E-state index contributed by atoms with van der Waals surface area (Å²) >= 11 is -2.43. The van der Waals surface area contributed by atoms with Gasteiger partial charge in [-0.1, -0.05) is 36.4 Å². The van der Waals surface area contributed by atoms with E-state index in [-0.39, 0.29) is 4.90 Å². The minimum absolute atomic E-state index is 0.215. The number of hydrogen-bond donors (Lipinski definition) is 2. The molecule has 7 heteroatoms. The van der Waals surface area contributed by atoms with Crippen molar-refractivity contribution in [2.45, 2.75) is 4.90 Å². The first-order chi connectivity index (χ1) is 18.0.